The van der Waals surface area contributed by atoms with Crippen molar-refractivity contribution in [3.63, 3.8) is 0 Å². The quantitative estimate of drug-likeness (QED) is 0.624. The Labute approximate surface area is 144 Å². The molecule has 0 aliphatic carbocycles. The van der Waals surface area contributed by atoms with E-state index in [9.17, 15) is 4.79 Å². The summed E-state index contributed by atoms with van der Waals surface area (Å²) in [6, 6.07) is 13.4. The highest BCUT2D eigenvalue weighted by Gasteiger charge is 2.17. The number of nitrogens with one attached hydrogen (secondary N) is 1. The fraction of sp³-hybridized carbons (Fsp3) is 0.211. The monoisotopic (exact) mass is 333 g/mol. The van der Waals surface area contributed by atoms with Crippen LogP contribution in [0.25, 0.3) is 28.2 Å². The largest absolute Gasteiger partial charge is 0.293 e. The summed E-state index contributed by atoms with van der Waals surface area (Å²) in [5.41, 5.74) is 4.81. The molecule has 1 N–H and O–H groups in total. The van der Waals surface area contributed by atoms with Crippen molar-refractivity contribution in [2.45, 2.75) is 26.8 Å². The SMILES string of the molecule is CCc1[nH]n2c(=O)cc(-c3ccn(CC)n3)nc2c1-c1ccccc1. The summed E-state index contributed by atoms with van der Waals surface area (Å²) >= 11 is 0. The summed E-state index contributed by atoms with van der Waals surface area (Å²) in [7, 11) is 0. The number of nitrogens with zero attached hydrogens (tertiary/aromatic N) is 4. The van der Waals surface area contributed by atoms with Crippen molar-refractivity contribution in [3.05, 3.63) is 64.7 Å². The minimum Gasteiger partial charge on any atom is -0.293 e. The summed E-state index contributed by atoms with van der Waals surface area (Å²) in [5, 5.41) is 7.66. The van der Waals surface area contributed by atoms with Crippen LogP contribution in [0.2, 0.25) is 0 Å². The molecule has 6 nitrogen and oxygen atoms in total. The number of aromatic nitrogens is 5. The second-order valence-corrected chi connectivity index (χ2v) is 5.88. The van der Waals surface area contributed by atoms with E-state index in [4.69, 9.17) is 4.98 Å². The van der Waals surface area contributed by atoms with Crippen LogP contribution in [0.4, 0.5) is 0 Å². The van der Waals surface area contributed by atoms with E-state index in [1.54, 1.807) is 0 Å². The van der Waals surface area contributed by atoms with E-state index >= 15 is 0 Å². The third kappa shape index (κ3) is 2.55. The lowest BCUT2D eigenvalue weighted by Crippen LogP contribution is -2.14. The third-order valence-corrected chi connectivity index (χ3v) is 4.33. The van der Waals surface area contributed by atoms with Crippen LogP contribution in [0.3, 0.4) is 0 Å². The highest BCUT2D eigenvalue weighted by Crippen LogP contribution is 2.28. The van der Waals surface area contributed by atoms with E-state index in [2.05, 4.69) is 17.1 Å². The molecular weight excluding hydrogens is 314 g/mol. The van der Waals surface area contributed by atoms with Crippen molar-refractivity contribution in [3.8, 4) is 22.5 Å². The van der Waals surface area contributed by atoms with E-state index < -0.39 is 0 Å². The molecule has 0 saturated carbocycles. The van der Waals surface area contributed by atoms with Gasteiger partial charge in [0.05, 0.1) is 5.69 Å². The van der Waals surface area contributed by atoms with Crippen LogP contribution in [-0.4, -0.2) is 24.4 Å². The molecule has 0 atom stereocenters. The molecule has 3 aromatic heterocycles. The normalized spacial score (nSPS) is 11.3. The molecule has 0 aliphatic heterocycles. The summed E-state index contributed by atoms with van der Waals surface area (Å²) in [5.74, 6) is 0. The third-order valence-electron chi connectivity index (χ3n) is 4.33. The van der Waals surface area contributed by atoms with Crippen LogP contribution >= 0.6 is 0 Å². The van der Waals surface area contributed by atoms with Crippen molar-refractivity contribution in [2.75, 3.05) is 0 Å². The van der Waals surface area contributed by atoms with Gasteiger partial charge in [-0.1, -0.05) is 37.3 Å². The molecule has 126 valence electrons. The Morgan fingerprint density at radius 1 is 1.08 bits per heavy atom. The fourth-order valence-corrected chi connectivity index (χ4v) is 3.05. The lowest BCUT2D eigenvalue weighted by atomic mass is 10.0. The number of aryl methyl sites for hydroxylation is 2. The maximum absolute atomic E-state index is 12.6. The van der Waals surface area contributed by atoms with Crippen LogP contribution in [0.15, 0.2) is 53.5 Å². The Morgan fingerprint density at radius 3 is 2.56 bits per heavy atom. The summed E-state index contributed by atoms with van der Waals surface area (Å²) < 4.78 is 3.34. The molecule has 4 aromatic rings. The maximum atomic E-state index is 12.6. The van der Waals surface area contributed by atoms with Gasteiger partial charge in [-0.05, 0) is 25.0 Å². The highest BCUT2D eigenvalue weighted by atomic mass is 16.1. The number of benzene rings is 1. The number of hydrogen-bond donors (Lipinski definition) is 1. The lowest BCUT2D eigenvalue weighted by Gasteiger charge is -2.02. The molecule has 3 heterocycles. The van der Waals surface area contributed by atoms with Crippen LogP contribution in [0.1, 0.15) is 19.5 Å². The van der Waals surface area contributed by atoms with Crippen LogP contribution < -0.4 is 5.56 Å². The summed E-state index contributed by atoms with van der Waals surface area (Å²) in [6.45, 7) is 4.86. The van der Waals surface area contributed by atoms with Gasteiger partial charge in [0.15, 0.2) is 5.65 Å². The molecule has 0 spiro atoms. The second kappa shape index (κ2) is 6.05. The Morgan fingerprint density at radius 2 is 1.88 bits per heavy atom. The van der Waals surface area contributed by atoms with Crippen LogP contribution in [0, 0.1) is 0 Å². The van der Waals surface area contributed by atoms with Gasteiger partial charge in [-0.25, -0.2) is 9.50 Å². The summed E-state index contributed by atoms with van der Waals surface area (Å²) in [6.07, 6.45) is 2.68. The first-order chi connectivity index (χ1) is 12.2. The van der Waals surface area contributed by atoms with Crippen LogP contribution in [0.5, 0.6) is 0 Å². The second-order valence-electron chi connectivity index (χ2n) is 5.88. The van der Waals surface area contributed by atoms with Gasteiger partial charge in [0.2, 0.25) is 0 Å². The average Bonchev–Trinajstić information content (AvgIpc) is 3.27. The van der Waals surface area contributed by atoms with Crippen LogP contribution in [-0.2, 0) is 13.0 Å². The van der Waals surface area contributed by atoms with Crippen molar-refractivity contribution in [1.82, 2.24) is 24.4 Å². The molecule has 25 heavy (non-hydrogen) atoms. The molecule has 6 heteroatoms. The number of rotatable bonds is 4. The number of aromatic amines is 1. The molecular formula is C19H19N5O. The first kappa shape index (κ1) is 15.4. The Kier molecular flexibility index (Phi) is 3.72. The van der Waals surface area contributed by atoms with Crippen molar-refractivity contribution >= 4 is 5.65 Å². The van der Waals surface area contributed by atoms with Gasteiger partial charge in [-0.3, -0.25) is 14.6 Å². The highest BCUT2D eigenvalue weighted by molar-refractivity contribution is 5.81. The first-order valence-corrected chi connectivity index (χ1v) is 8.45. The molecule has 0 aliphatic rings. The zero-order chi connectivity index (χ0) is 17.4. The van der Waals surface area contributed by atoms with Crippen molar-refractivity contribution < 1.29 is 0 Å². The van der Waals surface area contributed by atoms with Crippen molar-refractivity contribution in [1.29, 1.82) is 0 Å². The topological polar surface area (TPSA) is 68.0 Å². The number of hydrogen-bond acceptors (Lipinski definition) is 3. The Hall–Kier alpha value is -3.15. The molecule has 0 saturated heterocycles. The molecule has 0 bridgehead atoms. The van der Waals surface area contributed by atoms with Gasteiger partial charge in [0, 0.05) is 30.1 Å². The van der Waals surface area contributed by atoms with E-state index in [0.29, 0.717) is 17.0 Å². The summed E-state index contributed by atoms with van der Waals surface area (Å²) in [4.78, 5) is 17.4. The van der Waals surface area contributed by atoms with E-state index in [1.165, 1.54) is 10.6 Å². The van der Waals surface area contributed by atoms with E-state index in [-0.39, 0.29) is 5.56 Å². The molecule has 0 radical (unpaired) electrons. The first-order valence-electron chi connectivity index (χ1n) is 8.45. The van der Waals surface area contributed by atoms with Gasteiger partial charge in [0.25, 0.3) is 5.56 Å². The Balaban J connectivity index is 1.99. The smallest absolute Gasteiger partial charge is 0.273 e. The molecule has 0 fully saturated rings. The zero-order valence-electron chi connectivity index (χ0n) is 14.2. The molecule has 1 aromatic carbocycles. The van der Waals surface area contributed by atoms with Gasteiger partial charge in [-0.15, -0.1) is 0 Å². The van der Waals surface area contributed by atoms with Gasteiger partial charge in [0.1, 0.15) is 5.69 Å². The van der Waals surface area contributed by atoms with Gasteiger partial charge >= 0.3 is 0 Å². The van der Waals surface area contributed by atoms with Crippen molar-refractivity contribution in [2.24, 2.45) is 0 Å². The standard InChI is InChI=1S/C19H19N5O/c1-3-14-18(13-8-6-5-7-9-13)19-20-16(12-17(25)24(19)22-14)15-10-11-23(4-2)21-15/h5-12,22H,3-4H2,1-2H3. The predicted molar refractivity (Wildman–Crippen MR) is 97.5 cm³/mol. The fourth-order valence-electron chi connectivity index (χ4n) is 3.05. The minimum atomic E-state index is -0.136. The van der Waals surface area contributed by atoms with Gasteiger partial charge < -0.3 is 0 Å². The minimum absolute atomic E-state index is 0.136. The number of H-pyrrole nitrogens is 1. The maximum Gasteiger partial charge on any atom is 0.273 e. The average molecular weight is 333 g/mol. The predicted octanol–water partition coefficient (Wildman–Crippen LogP) is 3.14. The molecule has 0 amide bonds. The lowest BCUT2D eigenvalue weighted by molar-refractivity contribution is 0.661. The number of fused-ring (bicyclic) bond motifs is 1. The van der Waals surface area contributed by atoms with E-state index in [0.717, 1.165) is 29.8 Å². The Bertz CT molecular complexity index is 1090. The molecule has 4 rings (SSSR count). The van der Waals surface area contributed by atoms with E-state index in [1.807, 2.05) is 54.2 Å². The van der Waals surface area contributed by atoms with Gasteiger partial charge in [-0.2, -0.15) is 5.10 Å². The zero-order valence-corrected chi connectivity index (χ0v) is 14.2. The molecule has 0 unspecified atom stereocenters.